The molecule has 0 atom stereocenters. The normalized spacial score (nSPS) is 10.8. The van der Waals surface area contributed by atoms with Gasteiger partial charge in [0.1, 0.15) is 17.0 Å². The molecule has 5 nitrogen and oxygen atoms in total. The summed E-state index contributed by atoms with van der Waals surface area (Å²) in [5, 5.41) is 9.45. The predicted octanol–water partition coefficient (Wildman–Crippen LogP) is 5.64. The van der Waals surface area contributed by atoms with Gasteiger partial charge in [-0.3, -0.25) is 10.1 Å². The second-order valence-corrected chi connectivity index (χ2v) is 7.50. The SMILES string of the molecule is Cc1ccc(C)c(-c2csc(NC(=O)c3c(-c4ccccc4)noc3C)n2)c1. The van der Waals surface area contributed by atoms with Crippen molar-refractivity contribution in [3.8, 4) is 22.5 Å². The third-order valence-corrected chi connectivity index (χ3v) is 5.29. The molecule has 140 valence electrons. The first-order valence-electron chi connectivity index (χ1n) is 8.89. The lowest BCUT2D eigenvalue weighted by atomic mass is 10.0. The Morgan fingerprint density at radius 1 is 1.07 bits per heavy atom. The summed E-state index contributed by atoms with van der Waals surface area (Å²) in [7, 11) is 0. The van der Waals surface area contributed by atoms with Gasteiger partial charge in [-0.2, -0.15) is 0 Å². The first-order chi connectivity index (χ1) is 13.5. The largest absolute Gasteiger partial charge is 0.360 e. The van der Waals surface area contributed by atoms with Crippen LogP contribution in [0.1, 0.15) is 27.2 Å². The quantitative estimate of drug-likeness (QED) is 0.490. The number of carbonyl (C=O) groups excluding carboxylic acids is 1. The van der Waals surface area contributed by atoms with Gasteiger partial charge in [0.15, 0.2) is 5.13 Å². The number of aromatic nitrogens is 2. The minimum atomic E-state index is -0.278. The van der Waals surface area contributed by atoms with Gasteiger partial charge >= 0.3 is 0 Å². The number of benzene rings is 2. The molecule has 0 saturated heterocycles. The zero-order valence-electron chi connectivity index (χ0n) is 15.8. The Morgan fingerprint density at radius 2 is 1.86 bits per heavy atom. The number of rotatable bonds is 4. The second-order valence-electron chi connectivity index (χ2n) is 6.64. The molecule has 1 amide bonds. The number of amides is 1. The van der Waals surface area contributed by atoms with Gasteiger partial charge in [-0.25, -0.2) is 4.98 Å². The van der Waals surface area contributed by atoms with Gasteiger partial charge in [0.05, 0.1) is 5.69 Å². The molecule has 0 saturated carbocycles. The molecule has 2 aromatic heterocycles. The maximum atomic E-state index is 12.9. The van der Waals surface area contributed by atoms with Gasteiger partial charge in [-0.1, -0.05) is 53.2 Å². The number of hydrogen-bond donors (Lipinski definition) is 1. The highest BCUT2D eigenvalue weighted by Crippen LogP contribution is 2.30. The minimum absolute atomic E-state index is 0.278. The van der Waals surface area contributed by atoms with E-state index in [4.69, 9.17) is 4.52 Å². The van der Waals surface area contributed by atoms with E-state index in [0.29, 0.717) is 22.1 Å². The summed E-state index contributed by atoms with van der Waals surface area (Å²) in [4.78, 5) is 17.5. The fraction of sp³-hybridized carbons (Fsp3) is 0.136. The fourth-order valence-electron chi connectivity index (χ4n) is 3.06. The van der Waals surface area contributed by atoms with Crippen molar-refractivity contribution in [1.29, 1.82) is 0 Å². The topological polar surface area (TPSA) is 68.0 Å². The maximum absolute atomic E-state index is 12.9. The van der Waals surface area contributed by atoms with Crippen molar-refractivity contribution in [1.82, 2.24) is 10.1 Å². The molecule has 0 aliphatic rings. The summed E-state index contributed by atoms with van der Waals surface area (Å²) in [6.07, 6.45) is 0. The van der Waals surface area contributed by atoms with Gasteiger partial charge < -0.3 is 4.52 Å². The molecule has 4 aromatic rings. The molecular formula is C22H19N3O2S. The van der Waals surface area contributed by atoms with Crippen LogP contribution in [0.15, 0.2) is 58.4 Å². The van der Waals surface area contributed by atoms with Crippen molar-refractivity contribution in [2.75, 3.05) is 5.32 Å². The van der Waals surface area contributed by atoms with Crippen LogP contribution in [0.4, 0.5) is 5.13 Å². The van der Waals surface area contributed by atoms with Crippen LogP contribution < -0.4 is 5.32 Å². The third-order valence-electron chi connectivity index (χ3n) is 4.53. The van der Waals surface area contributed by atoms with E-state index in [2.05, 4.69) is 47.5 Å². The Kier molecular flexibility index (Phi) is 4.79. The molecule has 28 heavy (non-hydrogen) atoms. The van der Waals surface area contributed by atoms with E-state index < -0.39 is 0 Å². The number of carbonyl (C=O) groups is 1. The number of nitrogens with zero attached hydrogens (tertiary/aromatic N) is 2. The molecule has 0 aliphatic carbocycles. The van der Waals surface area contributed by atoms with E-state index in [-0.39, 0.29) is 5.91 Å². The van der Waals surface area contributed by atoms with E-state index in [1.165, 1.54) is 16.9 Å². The van der Waals surface area contributed by atoms with E-state index in [0.717, 1.165) is 22.4 Å². The van der Waals surface area contributed by atoms with Gasteiger partial charge in [0, 0.05) is 16.5 Å². The molecule has 0 unspecified atom stereocenters. The Hall–Kier alpha value is -3.25. The van der Waals surface area contributed by atoms with E-state index in [1.807, 2.05) is 35.7 Å². The van der Waals surface area contributed by atoms with Crippen molar-refractivity contribution in [3.63, 3.8) is 0 Å². The lowest BCUT2D eigenvalue weighted by Gasteiger charge is -2.04. The standard InChI is InChI=1S/C22H19N3O2S/c1-13-9-10-14(2)17(11-13)18-12-28-22(23-18)24-21(26)19-15(3)27-25-20(19)16-7-5-4-6-8-16/h4-12H,1-3H3,(H,23,24,26). The van der Waals surface area contributed by atoms with Crippen LogP contribution in [0.5, 0.6) is 0 Å². The summed E-state index contributed by atoms with van der Waals surface area (Å²) in [6, 6.07) is 15.8. The number of hydrogen-bond acceptors (Lipinski definition) is 5. The lowest BCUT2D eigenvalue weighted by Crippen LogP contribution is -2.13. The average Bonchev–Trinajstić information content (AvgIpc) is 3.31. The van der Waals surface area contributed by atoms with Crippen molar-refractivity contribution in [3.05, 3.63) is 76.4 Å². The van der Waals surface area contributed by atoms with E-state index >= 15 is 0 Å². The monoisotopic (exact) mass is 389 g/mol. The molecule has 4 rings (SSSR count). The summed E-state index contributed by atoms with van der Waals surface area (Å²) < 4.78 is 5.28. The lowest BCUT2D eigenvalue weighted by molar-refractivity contribution is 0.102. The Bertz CT molecular complexity index is 1150. The highest BCUT2D eigenvalue weighted by Gasteiger charge is 2.22. The third kappa shape index (κ3) is 3.46. The molecule has 0 radical (unpaired) electrons. The summed E-state index contributed by atoms with van der Waals surface area (Å²) in [5.74, 6) is 0.196. The Labute approximate surface area is 167 Å². The van der Waals surface area contributed by atoms with Gasteiger partial charge in [0.2, 0.25) is 0 Å². The first kappa shape index (κ1) is 18.1. The molecule has 6 heteroatoms. The Balaban J connectivity index is 1.62. The first-order valence-corrected chi connectivity index (χ1v) is 9.77. The fourth-order valence-corrected chi connectivity index (χ4v) is 3.76. The van der Waals surface area contributed by atoms with Crippen LogP contribution in [0.2, 0.25) is 0 Å². The van der Waals surface area contributed by atoms with Crippen molar-refractivity contribution in [2.45, 2.75) is 20.8 Å². The van der Waals surface area contributed by atoms with Gasteiger partial charge in [-0.15, -0.1) is 11.3 Å². The summed E-state index contributed by atoms with van der Waals surface area (Å²) in [6.45, 7) is 5.84. The highest BCUT2D eigenvalue weighted by molar-refractivity contribution is 7.14. The van der Waals surface area contributed by atoms with Gasteiger partial charge in [-0.05, 0) is 32.4 Å². The van der Waals surface area contributed by atoms with E-state index in [9.17, 15) is 4.79 Å². The highest BCUT2D eigenvalue weighted by atomic mass is 32.1. The molecule has 1 N–H and O–H groups in total. The van der Waals surface area contributed by atoms with Crippen LogP contribution in [0.25, 0.3) is 22.5 Å². The smallest absolute Gasteiger partial charge is 0.263 e. The van der Waals surface area contributed by atoms with Crippen LogP contribution in [-0.4, -0.2) is 16.0 Å². The maximum Gasteiger partial charge on any atom is 0.263 e. The van der Waals surface area contributed by atoms with Gasteiger partial charge in [0.25, 0.3) is 5.91 Å². The summed E-state index contributed by atoms with van der Waals surface area (Å²) >= 11 is 1.40. The number of nitrogens with one attached hydrogen (secondary N) is 1. The molecule has 0 spiro atoms. The predicted molar refractivity (Wildman–Crippen MR) is 112 cm³/mol. The van der Waals surface area contributed by atoms with Crippen LogP contribution in [0.3, 0.4) is 0 Å². The molecule has 2 heterocycles. The van der Waals surface area contributed by atoms with Crippen LogP contribution in [0, 0.1) is 20.8 Å². The van der Waals surface area contributed by atoms with Crippen molar-refractivity contribution >= 4 is 22.4 Å². The second kappa shape index (κ2) is 7.40. The van der Waals surface area contributed by atoms with Crippen molar-refractivity contribution in [2.24, 2.45) is 0 Å². The number of thiazole rings is 1. The molecule has 0 bridgehead atoms. The zero-order valence-corrected chi connectivity index (χ0v) is 16.6. The van der Waals surface area contributed by atoms with Crippen LogP contribution >= 0.6 is 11.3 Å². The number of anilines is 1. The zero-order chi connectivity index (χ0) is 19.7. The molecule has 2 aromatic carbocycles. The minimum Gasteiger partial charge on any atom is -0.360 e. The average molecular weight is 389 g/mol. The molecule has 0 fully saturated rings. The molecule has 0 aliphatic heterocycles. The van der Waals surface area contributed by atoms with E-state index in [1.54, 1.807) is 6.92 Å². The number of aryl methyl sites for hydroxylation is 3. The van der Waals surface area contributed by atoms with Crippen LogP contribution in [-0.2, 0) is 0 Å². The van der Waals surface area contributed by atoms with Crippen molar-refractivity contribution < 1.29 is 9.32 Å². The Morgan fingerprint density at radius 3 is 2.64 bits per heavy atom. The summed E-state index contributed by atoms with van der Waals surface area (Å²) in [5.41, 5.74) is 6.04. The molecular weight excluding hydrogens is 370 g/mol.